The molecule has 0 saturated carbocycles. The van der Waals surface area contributed by atoms with E-state index in [2.05, 4.69) is 19.8 Å². The van der Waals surface area contributed by atoms with Crippen molar-refractivity contribution in [2.24, 2.45) is 0 Å². The van der Waals surface area contributed by atoms with Crippen molar-refractivity contribution in [1.29, 1.82) is 0 Å². The Labute approximate surface area is 183 Å². The number of nitrogens with zero attached hydrogens (tertiary/aromatic N) is 4. The van der Waals surface area contributed by atoms with Crippen LogP contribution in [0.5, 0.6) is 17.4 Å². The number of hydrogen-bond acceptors (Lipinski definition) is 7. The van der Waals surface area contributed by atoms with Gasteiger partial charge in [0.15, 0.2) is 5.82 Å². The summed E-state index contributed by atoms with van der Waals surface area (Å²) in [5, 5.41) is 4.39. The topological polar surface area (TPSA) is 108 Å². The molecule has 2 heterocycles. The predicted molar refractivity (Wildman–Crippen MR) is 114 cm³/mol. The summed E-state index contributed by atoms with van der Waals surface area (Å²) in [5.74, 6) is 1.52. The van der Waals surface area contributed by atoms with Crippen molar-refractivity contribution in [3.8, 4) is 23.2 Å². The highest BCUT2D eigenvalue weighted by molar-refractivity contribution is 7.92. The van der Waals surface area contributed by atoms with E-state index in [9.17, 15) is 8.42 Å². The summed E-state index contributed by atoms with van der Waals surface area (Å²) in [6.45, 7) is 0. The molecule has 158 valence electrons. The fourth-order valence-electron chi connectivity index (χ4n) is 2.70. The first-order valence-corrected chi connectivity index (χ1v) is 10.8. The first-order valence-electron chi connectivity index (χ1n) is 8.91. The van der Waals surface area contributed by atoms with Crippen molar-refractivity contribution < 1.29 is 17.9 Å². The van der Waals surface area contributed by atoms with Gasteiger partial charge in [0.25, 0.3) is 10.0 Å². The highest BCUT2D eigenvalue weighted by atomic mass is 35.5. The molecule has 0 unspecified atom stereocenters. The quantitative estimate of drug-likeness (QED) is 0.448. The molecular formula is C20H16ClN5O4S. The van der Waals surface area contributed by atoms with Gasteiger partial charge in [-0.3, -0.25) is 4.72 Å². The molecule has 0 atom stereocenters. The lowest BCUT2D eigenvalue weighted by Crippen LogP contribution is -2.14. The van der Waals surface area contributed by atoms with Gasteiger partial charge in [-0.05, 0) is 48.5 Å². The minimum absolute atomic E-state index is 0.0602. The van der Waals surface area contributed by atoms with E-state index in [4.69, 9.17) is 21.1 Å². The molecule has 0 bridgehead atoms. The number of halogens is 1. The molecule has 9 nitrogen and oxygen atoms in total. The number of sulfonamides is 1. The van der Waals surface area contributed by atoms with Gasteiger partial charge in [0, 0.05) is 29.2 Å². The van der Waals surface area contributed by atoms with E-state index in [1.165, 1.54) is 25.6 Å². The first-order chi connectivity index (χ1) is 14.9. The van der Waals surface area contributed by atoms with Crippen LogP contribution in [-0.2, 0) is 10.0 Å². The number of aromatic nitrogens is 4. The normalized spacial score (nSPS) is 11.2. The molecule has 2 aromatic heterocycles. The summed E-state index contributed by atoms with van der Waals surface area (Å²) in [5.41, 5.74) is 0.342. The molecule has 0 radical (unpaired) electrons. The Balaban J connectivity index is 1.50. The second kappa shape index (κ2) is 8.62. The van der Waals surface area contributed by atoms with Crippen molar-refractivity contribution in [2.45, 2.75) is 4.90 Å². The highest BCUT2D eigenvalue weighted by Gasteiger charge is 2.20. The average molecular weight is 458 g/mol. The Bertz CT molecular complexity index is 1300. The number of methoxy groups -OCH3 is 1. The molecule has 0 aliphatic carbocycles. The van der Waals surface area contributed by atoms with Gasteiger partial charge >= 0.3 is 0 Å². The van der Waals surface area contributed by atoms with E-state index in [1.807, 2.05) is 0 Å². The zero-order chi connectivity index (χ0) is 21.8. The maximum Gasteiger partial charge on any atom is 0.265 e. The number of rotatable bonds is 7. The molecule has 31 heavy (non-hydrogen) atoms. The zero-order valence-corrected chi connectivity index (χ0v) is 17.7. The first kappa shape index (κ1) is 20.6. The van der Waals surface area contributed by atoms with Crippen LogP contribution in [0.3, 0.4) is 0 Å². The fraction of sp³-hybridized carbons (Fsp3) is 0.0500. The molecule has 4 rings (SSSR count). The lowest BCUT2D eigenvalue weighted by Gasteiger charge is -2.12. The second-order valence-electron chi connectivity index (χ2n) is 6.19. The van der Waals surface area contributed by atoms with Crippen molar-refractivity contribution in [1.82, 2.24) is 19.7 Å². The van der Waals surface area contributed by atoms with Crippen molar-refractivity contribution in [3.05, 3.63) is 78.3 Å². The van der Waals surface area contributed by atoms with Gasteiger partial charge in [-0.25, -0.2) is 23.1 Å². The summed E-state index contributed by atoms with van der Waals surface area (Å²) < 4.78 is 40.4. The number of benzene rings is 2. The number of anilines is 1. The Kier molecular flexibility index (Phi) is 5.74. The van der Waals surface area contributed by atoms with Crippen LogP contribution in [-0.4, -0.2) is 35.3 Å². The van der Waals surface area contributed by atoms with Crippen LogP contribution in [0, 0.1) is 0 Å². The van der Waals surface area contributed by atoms with Crippen LogP contribution in [0.1, 0.15) is 0 Å². The smallest absolute Gasteiger partial charge is 0.265 e. The van der Waals surface area contributed by atoms with Crippen molar-refractivity contribution >= 4 is 27.3 Å². The predicted octanol–water partition coefficient (Wildman–Crippen LogP) is 3.92. The van der Waals surface area contributed by atoms with Gasteiger partial charge in [0.1, 0.15) is 22.7 Å². The van der Waals surface area contributed by atoms with E-state index in [1.54, 1.807) is 59.5 Å². The van der Waals surface area contributed by atoms with Gasteiger partial charge in [-0.15, -0.1) is 0 Å². The molecular weight excluding hydrogens is 442 g/mol. The maximum atomic E-state index is 12.8. The molecule has 0 aliphatic rings. The van der Waals surface area contributed by atoms with E-state index < -0.39 is 10.0 Å². The monoisotopic (exact) mass is 457 g/mol. The van der Waals surface area contributed by atoms with Gasteiger partial charge in [0.05, 0.1) is 7.11 Å². The third-order valence-corrected chi connectivity index (χ3v) is 5.75. The fourth-order valence-corrected chi connectivity index (χ4v) is 4.19. The largest absolute Gasteiger partial charge is 0.495 e. The van der Waals surface area contributed by atoms with Crippen LogP contribution in [0.25, 0.3) is 5.82 Å². The van der Waals surface area contributed by atoms with Gasteiger partial charge in [-0.1, -0.05) is 11.6 Å². The van der Waals surface area contributed by atoms with E-state index >= 15 is 0 Å². The molecule has 0 saturated heterocycles. The lowest BCUT2D eigenvalue weighted by molar-refractivity contribution is 0.403. The summed E-state index contributed by atoms with van der Waals surface area (Å²) in [6, 6.07) is 14.1. The molecule has 0 spiro atoms. The Morgan fingerprint density at radius 1 is 1.06 bits per heavy atom. The van der Waals surface area contributed by atoms with Crippen LogP contribution in [0.15, 0.2) is 78.2 Å². The summed E-state index contributed by atoms with van der Waals surface area (Å²) in [6.07, 6.45) is 4.76. The van der Waals surface area contributed by atoms with E-state index in [0.29, 0.717) is 23.1 Å². The van der Waals surface area contributed by atoms with Crippen LogP contribution >= 0.6 is 11.6 Å². The maximum absolute atomic E-state index is 12.8. The average Bonchev–Trinajstić information content (AvgIpc) is 3.30. The van der Waals surface area contributed by atoms with E-state index in [0.717, 1.165) is 0 Å². The van der Waals surface area contributed by atoms with Crippen LogP contribution < -0.4 is 14.2 Å². The molecule has 0 aliphatic heterocycles. The molecule has 11 heteroatoms. The second-order valence-corrected chi connectivity index (χ2v) is 8.28. The molecule has 2 aromatic carbocycles. The van der Waals surface area contributed by atoms with Crippen molar-refractivity contribution in [3.63, 3.8) is 0 Å². The minimum Gasteiger partial charge on any atom is -0.495 e. The van der Waals surface area contributed by atoms with Gasteiger partial charge < -0.3 is 9.47 Å². The number of hydrogen-bond donors (Lipinski definition) is 1. The standard InChI is InChI=1S/C20H16ClN5O4S/c1-29-17-8-3-14(21)11-18(17)31(27,28)25-15-4-6-16(7-5-15)30-20-12-19(22-13-23-20)26-10-2-9-24-26/h2-13,25H,1H3. The zero-order valence-electron chi connectivity index (χ0n) is 16.1. The third kappa shape index (κ3) is 4.76. The Hall–Kier alpha value is -3.63. The lowest BCUT2D eigenvalue weighted by atomic mass is 10.3. The Morgan fingerprint density at radius 3 is 2.58 bits per heavy atom. The number of ether oxygens (including phenoxy) is 2. The van der Waals surface area contributed by atoms with Gasteiger partial charge in [0.2, 0.25) is 5.88 Å². The SMILES string of the molecule is COc1ccc(Cl)cc1S(=O)(=O)Nc1ccc(Oc2cc(-n3cccn3)ncn2)cc1. The molecule has 0 fully saturated rings. The molecule has 4 aromatic rings. The minimum atomic E-state index is -3.91. The molecule has 0 amide bonds. The third-order valence-electron chi connectivity index (χ3n) is 4.11. The highest BCUT2D eigenvalue weighted by Crippen LogP contribution is 2.29. The summed E-state index contributed by atoms with van der Waals surface area (Å²) in [4.78, 5) is 8.16. The van der Waals surface area contributed by atoms with Crippen LogP contribution in [0.2, 0.25) is 5.02 Å². The Morgan fingerprint density at radius 2 is 1.87 bits per heavy atom. The van der Waals surface area contributed by atoms with E-state index in [-0.39, 0.29) is 15.7 Å². The summed E-state index contributed by atoms with van der Waals surface area (Å²) >= 11 is 5.94. The van der Waals surface area contributed by atoms with Crippen molar-refractivity contribution in [2.75, 3.05) is 11.8 Å². The van der Waals surface area contributed by atoms with Crippen LogP contribution in [0.4, 0.5) is 5.69 Å². The van der Waals surface area contributed by atoms with Gasteiger partial charge in [-0.2, -0.15) is 5.10 Å². The molecule has 1 N–H and O–H groups in total. The summed E-state index contributed by atoms with van der Waals surface area (Å²) in [7, 11) is -2.52. The number of nitrogens with one attached hydrogen (secondary N) is 1.